The maximum atomic E-state index is 14.6. The number of aliphatic hydroxyl groups is 1. The number of halogens is 1. The Labute approximate surface area is 181 Å². The van der Waals surface area contributed by atoms with Gasteiger partial charge in [0.15, 0.2) is 5.11 Å². The van der Waals surface area contributed by atoms with Crippen molar-refractivity contribution in [1.29, 1.82) is 0 Å². The van der Waals surface area contributed by atoms with Crippen LogP contribution in [-0.4, -0.2) is 37.8 Å². The lowest BCUT2D eigenvalue weighted by Crippen LogP contribution is -2.31. The molecule has 0 spiro atoms. The van der Waals surface area contributed by atoms with Gasteiger partial charge < -0.3 is 19.9 Å². The van der Waals surface area contributed by atoms with Crippen molar-refractivity contribution in [2.45, 2.75) is 32.4 Å². The summed E-state index contributed by atoms with van der Waals surface area (Å²) >= 11 is 5.64. The zero-order valence-corrected chi connectivity index (χ0v) is 17.9. The summed E-state index contributed by atoms with van der Waals surface area (Å²) in [7, 11) is 0. The third-order valence-electron chi connectivity index (χ3n) is 5.64. The highest BCUT2D eigenvalue weighted by Crippen LogP contribution is 2.41. The van der Waals surface area contributed by atoms with Gasteiger partial charge in [-0.2, -0.15) is 0 Å². The third kappa shape index (κ3) is 3.59. The van der Waals surface area contributed by atoms with Crippen molar-refractivity contribution in [3.8, 4) is 5.69 Å². The SMILES string of the molecule is Cc1cc(C2C(c3ccccn3)NC(=S)N2CCCO)c(C)n1-c1ccccc1F. The predicted molar refractivity (Wildman–Crippen MR) is 119 cm³/mol. The van der Waals surface area contributed by atoms with Crippen LogP contribution >= 0.6 is 12.2 Å². The molecule has 30 heavy (non-hydrogen) atoms. The highest BCUT2D eigenvalue weighted by molar-refractivity contribution is 7.80. The van der Waals surface area contributed by atoms with E-state index in [9.17, 15) is 9.50 Å². The lowest BCUT2D eigenvalue weighted by molar-refractivity contribution is 0.247. The van der Waals surface area contributed by atoms with Crippen molar-refractivity contribution in [3.63, 3.8) is 0 Å². The van der Waals surface area contributed by atoms with Crippen LogP contribution in [0.15, 0.2) is 54.7 Å². The smallest absolute Gasteiger partial charge is 0.170 e. The summed E-state index contributed by atoms with van der Waals surface area (Å²) in [6.45, 7) is 4.71. The van der Waals surface area contributed by atoms with Crippen LogP contribution in [0.25, 0.3) is 5.69 Å². The molecule has 7 heteroatoms. The van der Waals surface area contributed by atoms with Gasteiger partial charge in [-0.3, -0.25) is 4.98 Å². The van der Waals surface area contributed by atoms with Gasteiger partial charge in [0.05, 0.1) is 23.5 Å². The second kappa shape index (κ2) is 8.53. The Morgan fingerprint density at radius 2 is 1.93 bits per heavy atom. The van der Waals surface area contributed by atoms with E-state index in [1.165, 1.54) is 6.07 Å². The van der Waals surface area contributed by atoms with E-state index in [1.807, 2.05) is 42.7 Å². The summed E-state index contributed by atoms with van der Waals surface area (Å²) in [4.78, 5) is 6.66. The first-order valence-electron chi connectivity index (χ1n) is 10.1. The molecular formula is C23H25FN4OS. The Balaban J connectivity index is 1.83. The molecule has 3 heterocycles. The topological polar surface area (TPSA) is 53.3 Å². The largest absolute Gasteiger partial charge is 0.396 e. The van der Waals surface area contributed by atoms with Crippen LogP contribution in [-0.2, 0) is 0 Å². The molecule has 0 aliphatic carbocycles. The Morgan fingerprint density at radius 3 is 2.63 bits per heavy atom. The zero-order valence-electron chi connectivity index (χ0n) is 17.0. The fourth-order valence-electron chi connectivity index (χ4n) is 4.32. The van der Waals surface area contributed by atoms with Gasteiger partial charge in [0, 0.05) is 30.7 Å². The summed E-state index contributed by atoms with van der Waals surface area (Å²) < 4.78 is 16.5. The van der Waals surface area contributed by atoms with E-state index >= 15 is 0 Å². The molecule has 1 aliphatic rings. The average molecular weight is 425 g/mol. The fraction of sp³-hybridized carbons (Fsp3) is 0.304. The quantitative estimate of drug-likeness (QED) is 0.586. The molecule has 2 aromatic heterocycles. The average Bonchev–Trinajstić information content (AvgIpc) is 3.23. The molecule has 0 radical (unpaired) electrons. The van der Waals surface area contributed by atoms with E-state index < -0.39 is 0 Å². The van der Waals surface area contributed by atoms with Crippen molar-refractivity contribution < 1.29 is 9.50 Å². The van der Waals surface area contributed by atoms with E-state index in [0.717, 1.165) is 22.6 Å². The van der Waals surface area contributed by atoms with Gasteiger partial charge in [-0.25, -0.2) is 4.39 Å². The number of nitrogens with zero attached hydrogens (tertiary/aromatic N) is 3. The number of hydrogen-bond donors (Lipinski definition) is 2. The monoisotopic (exact) mass is 424 g/mol. The molecule has 0 amide bonds. The van der Waals surface area contributed by atoms with Crippen LogP contribution in [0.2, 0.25) is 0 Å². The van der Waals surface area contributed by atoms with E-state index in [-0.39, 0.29) is 24.5 Å². The summed E-state index contributed by atoms with van der Waals surface area (Å²) in [5.74, 6) is -0.260. The molecule has 5 nitrogen and oxygen atoms in total. The number of pyridine rings is 1. The Morgan fingerprint density at radius 1 is 1.17 bits per heavy atom. The van der Waals surface area contributed by atoms with E-state index in [4.69, 9.17) is 12.2 Å². The van der Waals surface area contributed by atoms with Crippen LogP contribution in [0.1, 0.15) is 41.1 Å². The van der Waals surface area contributed by atoms with Gasteiger partial charge in [-0.15, -0.1) is 0 Å². The summed E-state index contributed by atoms with van der Waals surface area (Å²) in [5.41, 5.74) is 4.41. The summed E-state index contributed by atoms with van der Waals surface area (Å²) in [5, 5.41) is 13.4. The highest BCUT2D eigenvalue weighted by atomic mass is 32.1. The van der Waals surface area contributed by atoms with Crippen LogP contribution < -0.4 is 5.32 Å². The highest BCUT2D eigenvalue weighted by Gasteiger charge is 2.41. The van der Waals surface area contributed by atoms with Crippen LogP contribution in [0.4, 0.5) is 4.39 Å². The lowest BCUT2D eigenvalue weighted by Gasteiger charge is -2.28. The van der Waals surface area contributed by atoms with Crippen LogP contribution in [0.3, 0.4) is 0 Å². The van der Waals surface area contributed by atoms with Gasteiger partial charge in [-0.1, -0.05) is 18.2 Å². The molecule has 1 aromatic carbocycles. The molecule has 1 fully saturated rings. The second-order valence-corrected chi connectivity index (χ2v) is 7.90. The minimum Gasteiger partial charge on any atom is -0.396 e. The molecule has 2 N–H and O–H groups in total. The number of thiocarbonyl (C=S) groups is 1. The van der Waals surface area contributed by atoms with Gasteiger partial charge >= 0.3 is 0 Å². The molecular weight excluding hydrogens is 399 g/mol. The minimum absolute atomic E-state index is 0.0916. The number of para-hydroxylation sites is 1. The number of aryl methyl sites for hydroxylation is 1. The molecule has 156 valence electrons. The van der Waals surface area contributed by atoms with Crippen molar-refractivity contribution in [2.75, 3.05) is 13.2 Å². The van der Waals surface area contributed by atoms with E-state index in [0.29, 0.717) is 23.8 Å². The second-order valence-electron chi connectivity index (χ2n) is 7.51. The molecule has 2 atom stereocenters. The summed E-state index contributed by atoms with van der Waals surface area (Å²) in [6, 6.07) is 14.5. The molecule has 0 bridgehead atoms. The van der Waals surface area contributed by atoms with Crippen molar-refractivity contribution in [2.24, 2.45) is 0 Å². The lowest BCUT2D eigenvalue weighted by atomic mass is 9.96. The number of hydrogen-bond acceptors (Lipinski definition) is 3. The Kier molecular flexibility index (Phi) is 5.83. The van der Waals surface area contributed by atoms with E-state index in [2.05, 4.69) is 21.3 Å². The van der Waals surface area contributed by atoms with Gasteiger partial charge in [0.2, 0.25) is 0 Å². The number of aliphatic hydroxyl groups excluding tert-OH is 1. The predicted octanol–water partition coefficient (Wildman–Crippen LogP) is 3.98. The molecule has 1 aliphatic heterocycles. The van der Waals surface area contributed by atoms with Gasteiger partial charge in [0.1, 0.15) is 5.82 Å². The number of nitrogens with one attached hydrogen (secondary N) is 1. The van der Waals surface area contributed by atoms with Crippen molar-refractivity contribution in [3.05, 3.63) is 83.2 Å². The molecule has 2 unspecified atom stereocenters. The maximum absolute atomic E-state index is 14.6. The first kappa shape index (κ1) is 20.5. The first-order valence-corrected chi connectivity index (χ1v) is 10.5. The first-order chi connectivity index (χ1) is 14.5. The van der Waals surface area contributed by atoms with Gasteiger partial charge in [-0.05, 0) is 68.4 Å². The van der Waals surface area contributed by atoms with Crippen molar-refractivity contribution >= 4 is 17.3 Å². The summed E-state index contributed by atoms with van der Waals surface area (Å²) in [6.07, 6.45) is 2.38. The van der Waals surface area contributed by atoms with Crippen LogP contribution in [0.5, 0.6) is 0 Å². The fourth-order valence-corrected chi connectivity index (χ4v) is 4.65. The molecule has 3 aromatic rings. The number of aromatic nitrogens is 2. The number of rotatable bonds is 6. The van der Waals surface area contributed by atoms with Gasteiger partial charge in [0.25, 0.3) is 0 Å². The van der Waals surface area contributed by atoms with E-state index in [1.54, 1.807) is 18.3 Å². The minimum atomic E-state index is -0.260. The molecule has 0 saturated carbocycles. The molecule has 1 saturated heterocycles. The normalized spacial score (nSPS) is 18.7. The van der Waals surface area contributed by atoms with Crippen molar-refractivity contribution in [1.82, 2.24) is 19.8 Å². The zero-order chi connectivity index (χ0) is 21.3. The maximum Gasteiger partial charge on any atom is 0.170 e. The molecule has 4 rings (SSSR count). The Hall–Kier alpha value is -2.77. The van der Waals surface area contributed by atoms with Crippen LogP contribution in [0, 0.1) is 19.7 Å². The third-order valence-corrected chi connectivity index (χ3v) is 5.99. The standard InChI is InChI=1S/C23H25FN4OS/c1-15-14-17(16(2)28(15)20-10-4-3-8-18(20)24)22-21(19-9-5-6-11-25-19)26-23(30)27(22)12-7-13-29/h3-6,8-11,14,21-22,29H,7,12-13H2,1-2H3,(H,26,30). The Bertz CT molecular complexity index is 1050. The number of benzene rings is 1.